The molecule has 0 aromatic heterocycles. The van der Waals surface area contributed by atoms with E-state index in [-0.39, 0.29) is 0 Å². The molecule has 0 spiro atoms. The maximum atomic E-state index is 6.38. The van der Waals surface area contributed by atoms with Crippen LogP contribution in [0.15, 0.2) is 0 Å². The molecule has 2 heterocycles. The number of hydrogen-bond donors (Lipinski definition) is 0. The molecule has 132 valence electrons. The molecule has 2 aliphatic heterocycles. The SMILES string of the molecule is CCC1(COC2CC3CC(OCC4(CC)COC4)C2C3)COC1. The van der Waals surface area contributed by atoms with Gasteiger partial charge in [-0.15, -0.1) is 0 Å². The fraction of sp³-hybridized carbons (Fsp3) is 1.00. The molecule has 4 nitrogen and oxygen atoms in total. The van der Waals surface area contributed by atoms with Gasteiger partial charge in [-0.25, -0.2) is 0 Å². The van der Waals surface area contributed by atoms with Crippen molar-refractivity contribution < 1.29 is 18.9 Å². The van der Waals surface area contributed by atoms with Gasteiger partial charge < -0.3 is 18.9 Å². The molecule has 0 amide bonds. The van der Waals surface area contributed by atoms with Gasteiger partial charge in [-0.1, -0.05) is 13.8 Å². The van der Waals surface area contributed by atoms with Crippen LogP contribution in [0.1, 0.15) is 46.0 Å². The maximum Gasteiger partial charge on any atom is 0.0631 e. The molecule has 23 heavy (non-hydrogen) atoms. The van der Waals surface area contributed by atoms with Crippen LogP contribution in [0.5, 0.6) is 0 Å². The van der Waals surface area contributed by atoms with Gasteiger partial charge in [0.15, 0.2) is 0 Å². The van der Waals surface area contributed by atoms with Gasteiger partial charge >= 0.3 is 0 Å². The van der Waals surface area contributed by atoms with Gasteiger partial charge in [0, 0.05) is 16.7 Å². The highest BCUT2D eigenvalue weighted by Crippen LogP contribution is 2.49. The summed E-state index contributed by atoms with van der Waals surface area (Å²) in [5, 5.41) is 0. The van der Waals surface area contributed by atoms with Gasteiger partial charge in [-0.05, 0) is 38.0 Å². The molecule has 2 aliphatic carbocycles. The molecule has 0 aromatic carbocycles. The van der Waals surface area contributed by atoms with Crippen molar-refractivity contribution in [2.24, 2.45) is 22.7 Å². The molecule has 0 aromatic rings. The second-order valence-corrected chi connectivity index (χ2v) is 8.63. The minimum Gasteiger partial charge on any atom is -0.380 e. The Kier molecular flexibility index (Phi) is 4.46. The van der Waals surface area contributed by atoms with Crippen LogP contribution in [0.25, 0.3) is 0 Å². The average molecular weight is 324 g/mol. The topological polar surface area (TPSA) is 36.9 Å². The van der Waals surface area contributed by atoms with Gasteiger partial charge in [0.25, 0.3) is 0 Å². The largest absolute Gasteiger partial charge is 0.380 e. The lowest BCUT2D eigenvalue weighted by Crippen LogP contribution is -2.48. The van der Waals surface area contributed by atoms with E-state index in [1.807, 2.05) is 0 Å². The number of hydrogen-bond acceptors (Lipinski definition) is 4. The van der Waals surface area contributed by atoms with Crippen molar-refractivity contribution in [2.75, 3.05) is 39.6 Å². The van der Waals surface area contributed by atoms with E-state index in [2.05, 4.69) is 13.8 Å². The Bertz CT molecular complexity index is 369. The van der Waals surface area contributed by atoms with Crippen molar-refractivity contribution in [3.63, 3.8) is 0 Å². The first-order valence-electron chi connectivity index (χ1n) is 9.56. The zero-order valence-electron chi connectivity index (χ0n) is 14.7. The van der Waals surface area contributed by atoms with Crippen LogP contribution in [-0.4, -0.2) is 51.8 Å². The average Bonchev–Trinajstić information content (AvgIpc) is 3.06. The zero-order valence-corrected chi connectivity index (χ0v) is 14.7. The van der Waals surface area contributed by atoms with E-state index in [0.29, 0.717) is 29.0 Å². The van der Waals surface area contributed by atoms with E-state index in [9.17, 15) is 0 Å². The first-order chi connectivity index (χ1) is 11.2. The molecular formula is C19H32O4. The van der Waals surface area contributed by atoms with Crippen LogP contribution < -0.4 is 0 Å². The summed E-state index contributed by atoms with van der Waals surface area (Å²) in [5.74, 6) is 1.44. The summed E-state index contributed by atoms with van der Waals surface area (Å²) in [6.07, 6.45) is 6.94. The fourth-order valence-corrected chi connectivity index (χ4v) is 4.73. The monoisotopic (exact) mass is 324 g/mol. The highest BCUT2D eigenvalue weighted by atomic mass is 16.5. The Hall–Kier alpha value is -0.160. The second-order valence-electron chi connectivity index (χ2n) is 8.63. The van der Waals surface area contributed by atoms with Gasteiger partial charge in [0.1, 0.15) is 0 Å². The molecule has 4 heteroatoms. The fourth-order valence-electron chi connectivity index (χ4n) is 4.73. The van der Waals surface area contributed by atoms with Crippen LogP contribution in [0.4, 0.5) is 0 Å². The maximum absolute atomic E-state index is 6.38. The molecule has 0 N–H and O–H groups in total. The van der Waals surface area contributed by atoms with Crippen LogP contribution in [-0.2, 0) is 18.9 Å². The Balaban J connectivity index is 1.28. The zero-order chi connectivity index (χ0) is 15.9. The van der Waals surface area contributed by atoms with E-state index in [0.717, 1.165) is 58.4 Å². The van der Waals surface area contributed by atoms with E-state index in [4.69, 9.17) is 18.9 Å². The summed E-state index contributed by atoms with van der Waals surface area (Å²) in [5.41, 5.74) is 0.599. The smallest absolute Gasteiger partial charge is 0.0631 e. The number of ether oxygens (including phenoxy) is 4. The van der Waals surface area contributed by atoms with Crippen molar-refractivity contribution in [2.45, 2.75) is 58.2 Å². The molecule has 4 fully saturated rings. The predicted octanol–water partition coefficient (Wildman–Crippen LogP) is 3.04. The van der Waals surface area contributed by atoms with Crippen LogP contribution >= 0.6 is 0 Å². The van der Waals surface area contributed by atoms with E-state index in [1.54, 1.807) is 0 Å². The van der Waals surface area contributed by atoms with Crippen molar-refractivity contribution >= 4 is 0 Å². The minimum atomic E-state index is 0.299. The first kappa shape index (κ1) is 16.3. The number of fused-ring (bicyclic) bond motifs is 2. The molecule has 2 saturated carbocycles. The van der Waals surface area contributed by atoms with Crippen molar-refractivity contribution in [1.82, 2.24) is 0 Å². The van der Waals surface area contributed by atoms with Crippen LogP contribution in [0.2, 0.25) is 0 Å². The normalized spacial score (nSPS) is 39.9. The lowest BCUT2D eigenvalue weighted by atomic mass is 9.83. The van der Waals surface area contributed by atoms with Crippen molar-refractivity contribution in [1.29, 1.82) is 0 Å². The van der Waals surface area contributed by atoms with Crippen LogP contribution in [0, 0.1) is 22.7 Å². The van der Waals surface area contributed by atoms with E-state index >= 15 is 0 Å². The summed E-state index contributed by atoms with van der Waals surface area (Å²) in [6.45, 7) is 9.76. The third-order valence-corrected chi connectivity index (χ3v) is 7.03. The lowest BCUT2D eigenvalue weighted by Gasteiger charge is -2.43. The summed E-state index contributed by atoms with van der Waals surface area (Å²) < 4.78 is 23.6. The molecule has 2 saturated heterocycles. The Labute approximate surface area is 140 Å². The van der Waals surface area contributed by atoms with E-state index < -0.39 is 0 Å². The molecule has 4 aliphatic rings. The van der Waals surface area contributed by atoms with Crippen molar-refractivity contribution in [3.8, 4) is 0 Å². The van der Waals surface area contributed by atoms with Gasteiger partial charge in [0.2, 0.25) is 0 Å². The van der Waals surface area contributed by atoms with Gasteiger partial charge in [-0.3, -0.25) is 0 Å². The highest BCUT2D eigenvalue weighted by Gasteiger charge is 2.49. The molecular weight excluding hydrogens is 292 g/mol. The lowest BCUT2D eigenvalue weighted by molar-refractivity contribution is -0.184. The van der Waals surface area contributed by atoms with Gasteiger partial charge in [0.05, 0.1) is 51.8 Å². The molecule has 2 unspecified atom stereocenters. The highest BCUT2D eigenvalue weighted by molar-refractivity contribution is 4.98. The van der Waals surface area contributed by atoms with Gasteiger partial charge in [-0.2, -0.15) is 0 Å². The minimum absolute atomic E-state index is 0.299. The number of rotatable bonds is 8. The summed E-state index contributed by atoms with van der Waals surface area (Å²) in [7, 11) is 0. The third-order valence-electron chi connectivity index (χ3n) is 7.03. The Morgan fingerprint density at radius 1 is 0.783 bits per heavy atom. The quantitative estimate of drug-likeness (QED) is 0.688. The van der Waals surface area contributed by atoms with Crippen LogP contribution in [0.3, 0.4) is 0 Å². The second kappa shape index (κ2) is 6.29. The van der Waals surface area contributed by atoms with Crippen molar-refractivity contribution in [3.05, 3.63) is 0 Å². The molecule has 0 radical (unpaired) electrons. The Morgan fingerprint density at radius 2 is 1.26 bits per heavy atom. The summed E-state index contributed by atoms with van der Waals surface area (Å²) in [6, 6.07) is 0. The molecule has 2 atom stereocenters. The third kappa shape index (κ3) is 2.97. The molecule has 4 rings (SSSR count). The summed E-state index contributed by atoms with van der Waals surface area (Å²) in [4.78, 5) is 0. The Morgan fingerprint density at radius 3 is 1.57 bits per heavy atom. The molecule has 2 bridgehead atoms. The van der Waals surface area contributed by atoms with E-state index in [1.165, 1.54) is 19.3 Å². The standard InChI is InChI=1S/C19H32O4/c1-3-18(8-20-9-18)12-22-16-6-14-5-15(16)17(7-14)23-13-19(4-2)10-21-11-19/h14-17H,3-13H2,1-2H3. The summed E-state index contributed by atoms with van der Waals surface area (Å²) >= 11 is 0. The predicted molar refractivity (Wildman–Crippen MR) is 87.4 cm³/mol. The first-order valence-corrected chi connectivity index (χ1v) is 9.56.